The van der Waals surface area contributed by atoms with Gasteiger partial charge in [0.1, 0.15) is 11.6 Å². The highest BCUT2D eigenvalue weighted by molar-refractivity contribution is 7.10. The molecule has 4 heteroatoms. The number of halogens is 1. The zero-order valence-electron chi connectivity index (χ0n) is 11.2. The third-order valence-electron chi connectivity index (χ3n) is 2.94. The summed E-state index contributed by atoms with van der Waals surface area (Å²) in [4.78, 5) is 1.12. The topological polar surface area (TPSA) is 21.3 Å². The largest absolute Gasteiger partial charge is 0.497 e. The first-order chi connectivity index (χ1) is 9.26. The number of methoxy groups -OCH3 is 1. The van der Waals surface area contributed by atoms with Crippen LogP contribution in [0.5, 0.6) is 5.75 Å². The lowest BCUT2D eigenvalue weighted by Crippen LogP contribution is -2.23. The molecule has 0 aliphatic heterocycles. The van der Waals surface area contributed by atoms with Crippen molar-refractivity contribution in [3.05, 3.63) is 52.0 Å². The summed E-state index contributed by atoms with van der Waals surface area (Å²) in [6, 6.07) is 8.95. The van der Waals surface area contributed by atoms with E-state index >= 15 is 0 Å². The van der Waals surface area contributed by atoms with Crippen LogP contribution in [0.1, 0.15) is 29.8 Å². The smallest absolute Gasteiger partial charge is 0.132 e. The lowest BCUT2D eigenvalue weighted by molar-refractivity contribution is 0.410. The van der Waals surface area contributed by atoms with E-state index in [-0.39, 0.29) is 11.9 Å². The molecule has 1 heterocycles. The molecule has 1 unspecified atom stereocenters. The monoisotopic (exact) mass is 279 g/mol. The minimum atomic E-state index is -0.235. The van der Waals surface area contributed by atoms with Crippen molar-refractivity contribution in [2.24, 2.45) is 0 Å². The number of rotatable bonds is 6. The summed E-state index contributed by atoms with van der Waals surface area (Å²) in [5.74, 6) is 0.308. The van der Waals surface area contributed by atoms with Crippen LogP contribution in [0.15, 0.2) is 35.7 Å². The highest BCUT2D eigenvalue weighted by Gasteiger charge is 2.18. The molecule has 1 N–H and O–H groups in total. The van der Waals surface area contributed by atoms with Gasteiger partial charge in [-0.05, 0) is 30.5 Å². The van der Waals surface area contributed by atoms with E-state index in [1.165, 1.54) is 6.07 Å². The molecule has 1 aromatic heterocycles. The van der Waals surface area contributed by atoms with Crippen molar-refractivity contribution in [2.45, 2.75) is 19.4 Å². The minimum absolute atomic E-state index is 0.0918. The van der Waals surface area contributed by atoms with E-state index in [1.54, 1.807) is 30.6 Å². The molecule has 1 atom stereocenters. The number of thiophene rings is 1. The Morgan fingerprint density at radius 3 is 2.79 bits per heavy atom. The molecule has 2 aromatic rings. The van der Waals surface area contributed by atoms with Crippen LogP contribution < -0.4 is 10.1 Å². The molecule has 0 aliphatic rings. The Kier molecular flexibility index (Phi) is 4.93. The fourth-order valence-corrected chi connectivity index (χ4v) is 2.79. The second-order valence-electron chi connectivity index (χ2n) is 4.29. The highest BCUT2D eigenvalue weighted by Crippen LogP contribution is 2.29. The third-order valence-corrected chi connectivity index (χ3v) is 3.88. The van der Waals surface area contributed by atoms with Crippen molar-refractivity contribution in [2.75, 3.05) is 13.7 Å². The van der Waals surface area contributed by atoms with Crippen molar-refractivity contribution in [3.63, 3.8) is 0 Å². The Bertz CT molecular complexity index is 513. The maximum Gasteiger partial charge on any atom is 0.132 e. The van der Waals surface area contributed by atoms with Gasteiger partial charge in [0.2, 0.25) is 0 Å². The molecule has 2 nitrogen and oxygen atoms in total. The van der Waals surface area contributed by atoms with Gasteiger partial charge in [-0.25, -0.2) is 4.39 Å². The van der Waals surface area contributed by atoms with Crippen LogP contribution in [0.25, 0.3) is 0 Å². The molecule has 102 valence electrons. The summed E-state index contributed by atoms with van der Waals surface area (Å²) >= 11 is 1.63. The molecular weight excluding hydrogens is 261 g/mol. The van der Waals surface area contributed by atoms with Gasteiger partial charge < -0.3 is 10.1 Å². The van der Waals surface area contributed by atoms with E-state index in [0.29, 0.717) is 11.3 Å². The van der Waals surface area contributed by atoms with Crippen molar-refractivity contribution in [1.29, 1.82) is 0 Å². The first-order valence-electron chi connectivity index (χ1n) is 6.36. The Morgan fingerprint density at radius 1 is 1.37 bits per heavy atom. The average Bonchev–Trinajstić information content (AvgIpc) is 2.94. The van der Waals surface area contributed by atoms with Crippen LogP contribution in [0, 0.1) is 5.82 Å². The third kappa shape index (κ3) is 3.33. The maximum absolute atomic E-state index is 14.2. The number of nitrogens with one attached hydrogen (secondary N) is 1. The minimum Gasteiger partial charge on any atom is -0.497 e. The molecular formula is C15H18FNOS. The van der Waals surface area contributed by atoms with Crippen LogP contribution in [-0.2, 0) is 0 Å². The fourth-order valence-electron chi connectivity index (χ4n) is 1.98. The summed E-state index contributed by atoms with van der Waals surface area (Å²) in [6.45, 7) is 2.96. The predicted molar refractivity (Wildman–Crippen MR) is 77.4 cm³/mol. The quantitative estimate of drug-likeness (QED) is 0.863. The van der Waals surface area contributed by atoms with Crippen molar-refractivity contribution in [1.82, 2.24) is 5.32 Å². The molecule has 0 radical (unpaired) electrons. The van der Waals surface area contributed by atoms with E-state index < -0.39 is 0 Å². The summed E-state index contributed by atoms with van der Waals surface area (Å²) < 4.78 is 19.2. The Hall–Kier alpha value is -1.39. The SMILES string of the molecule is CCCNC(c1cccs1)c1ccc(OC)cc1F. The van der Waals surface area contributed by atoms with Gasteiger partial charge in [0.05, 0.1) is 13.2 Å². The number of hydrogen-bond donors (Lipinski definition) is 1. The van der Waals surface area contributed by atoms with Crippen LogP contribution in [0.3, 0.4) is 0 Å². The molecule has 0 bridgehead atoms. The van der Waals surface area contributed by atoms with Gasteiger partial charge in [-0.1, -0.05) is 19.1 Å². The standard InChI is InChI=1S/C15H18FNOS/c1-3-8-17-15(14-5-4-9-19-14)12-7-6-11(18-2)10-13(12)16/h4-7,9-10,15,17H,3,8H2,1-2H3. The highest BCUT2D eigenvalue weighted by atomic mass is 32.1. The molecule has 0 saturated carbocycles. The summed E-state index contributed by atoms with van der Waals surface area (Å²) in [7, 11) is 1.54. The van der Waals surface area contributed by atoms with E-state index in [9.17, 15) is 4.39 Å². The number of benzene rings is 1. The van der Waals surface area contributed by atoms with Crippen molar-refractivity contribution >= 4 is 11.3 Å². The van der Waals surface area contributed by atoms with E-state index in [4.69, 9.17) is 4.74 Å². The van der Waals surface area contributed by atoms with E-state index in [1.807, 2.05) is 17.5 Å². The van der Waals surface area contributed by atoms with Crippen LogP contribution in [-0.4, -0.2) is 13.7 Å². The molecule has 0 aliphatic carbocycles. The predicted octanol–water partition coefficient (Wildman–Crippen LogP) is 3.98. The van der Waals surface area contributed by atoms with Gasteiger partial charge in [-0.3, -0.25) is 0 Å². The summed E-state index contributed by atoms with van der Waals surface area (Å²) in [5, 5.41) is 5.41. The van der Waals surface area contributed by atoms with E-state index in [2.05, 4.69) is 12.2 Å². The molecule has 0 amide bonds. The van der Waals surface area contributed by atoms with Gasteiger partial charge in [0.15, 0.2) is 0 Å². The second-order valence-corrected chi connectivity index (χ2v) is 5.27. The molecule has 0 fully saturated rings. The molecule has 2 rings (SSSR count). The Morgan fingerprint density at radius 2 is 2.21 bits per heavy atom. The average molecular weight is 279 g/mol. The van der Waals surface area contributed by atoms with E-state index in [0.717, 1.165) is 17.8 Å². The van der Waals surface area contributed by atoms with Gasteiger partial charge in [0, 0.05) is 16.5 Å². The molecule has 19 heavy (non-hydrogen) atoms. The van der Waals surface area contributed by atoms with Gasteiger partial charge >= 0.3 is 0 Å². The summed E-state index contributed by atoms with van der Waals surface area (Å²) in [5.41, 5.74) is 0.664. The Labute approximate surface area is 117 Å². The first-order valence-corrected chi connectivity index (χ1v) is 7.24. The van der Waals surface area contributed by atoms with Gasteiger partial charge in [-0.2, -0.15) is 0 Å². The van der Waals surface area contributed by atoms with Crippen molar-refractivity contribution in [3.8, 4) is 5.75 Å². The normalized spacial score (nSPS) is 12.4. The first kappa shape index (κ1) is 14.0. The second kappa shape index (κ2) is 6.68. The lowest BCUT2D eigenvalue weighted by atomic mass is 10.0. The lowest BCUT2D eigenvalue weighted by Gasteiger charge is -2.18. The van der Waals surface area contributed by atoms with Crippen LogP contribution >= 0.6 is 11.3 Å². The molecule has 0 spiro atoms. The Balaban J connectivity index is 2.32. The van der Waals surface area contributed by atoms with Crippen LogP contribution in [0.4, 0.5) is 4.39 Å². The number of hydrogen-bond acceptors (Lipinski definition) is 3. The zero-order chi connectivity index (χ0) is 13.7. The van der Waals surface area contributed by atoms with Gasteiger partial charge in [-0.15, -0.1) is 11.3 Å². The number of ether oxygens (including phenoxy) is 1. The molecule has 0 saturated heterocycles. The summed E-state index contributed by atoms with van der Waals surface area (Å²) in [6.07, 6.45) is 1.01. The maximum atomic E-state index is 14.2. The molecule has 1 aromatic carbocycles. The zero-order valence-corrected chi connectivity index (χ0v) is 12.0. The van der Waals surface area contributed by atoms with Crippen LogP contribution in [0.2, 0.25) is 0 Å². The van der Waals surface area contributed by atoms with Crippen molar-refractivity contribution < 1.29 is 9.13 Å². The fraction of sp³-hybridized carbons (Fsp3) is 0.333. The van der Waals surface area contributed by atoms with Gasteiger partial charge in [0.25, 0.3) is 0 Å².